The normalized spacial score (nSPS) is 19.0. The van der Waals surface area contributed by atoms with Crippen molar-refractivity contribution in [3.05, 3.63) is 0 Å². The second-order valence-electron chi connectivity index (χ2n) is 4.86. The van der Waals surface area contributed by atoms with Crippen molar-refractivity contribution < 1.29 is 0 Å². The summed E-state index contributed by atoms with van der Waals surface area (Å²) < 4.78 is 0. The van der Waals surface area contributed by atoms with Crippen LogP contribution in [0.15, 0.2) is 0 Å². The van der Waals surface area contributed by atoms with Gasteiger partial charge in [-0.15, -0.1) is 0 Å². The molecule has 0 fully saturated rings. The van der Waals surface area contributed by atoms with Crippen molar-refractivity contribution in [1.29, 1.82) is 0 Å². The minimum absolute atomic E-state index is 0.474. The van der Waals surface area contributed by atoms with E-state index in [1.54, 1.807) is 0 Å². The van der Waals surface area contributed by atoms with Crippen LogP contribution in [0.2, 0.25) is 0 Å². The number of hydrogen-bond donors (Lipinski definition) is 0. The standard InChI is InChI=1S/I62/c1-33(2)35(5)37(7)39(9)41(11)43(13)45(15)47(17)49(19)51(21)53(23)55(25)57(27)59(29)61(31)62(32)60(30)58(28)56(26)54(24)52(22)50(20)48(18)46(16)44(14)42(12)40(10)38(8)36(6)34(3)4. The van der Waals surface area contributed by atoms with Gasteiger partial charge in [0.2, 0.25) is 0 Å². The molecule has 0 rings (SSSR count). The van der Waals surface area contributed by atoms with E-state index < -0.39 is 237 Å². The van der Waals surface area contributed by atoms with Crippen molar-refractivity contribution in [3.8, 4) is 0 Å². The molecule has 0 aliphatic heterocycles. The van der Waals surface area contributed by atoms with Gasteiger partial charge in [-0.25, -0.2) is 0 Å². The Labute approximate surface area is 782 Å². The molecule has 62 heteroatoms. The Balaban J connectivity index is 5.69. The summed E-state index contributed by atoms with van der Waals surface area (Å²) in [6.07, 6.45) is 0. The average Bonchev–Trinajstić information content (AvgIpc) is 3.26. The Hall–Kier alpha value is 45.3. The summed E-state index contributed by atoms with van der Waals surface area (Å²) in [6, 6.07) is 0. The van der Waals surface area contributed by atoms with Crippen LogP contribution in [0, 0.1) is 0 Å². The quantitative estimate of drug-likeness (QED) is 0.0655. The molecule has 62 heavy (non-hydrogen) atoms. The van der Waals surface area contributed by atoms with Crippen molar-refractivity contribution in [2.24, 2.45) is 0 Å². The monoisotopic (exact) mass is 7870 g/mol. The average molecular weight is 7870 g/mol. The first-order chi connectivity index (χ1) is 28.1. The van der Waals surface area contributed by atoms with Crippen LogP contribution < -0.4 is 0 Å². The third-order valence-electron chi connectivity index (χ3n) is 2.37. The molecule has 0 nitrogen and oxygen atoms in total. The second kappa shape index (κ2) is 64.4. The zero-order chi connectivity index (χ0) is 49.3. The van der Waals surface area contributed by atoms with E-state index in [0.717, 1.165) is 0 Å². The summed E-state index contributed by atoms with van der Waals surface area (Å²) in [5.74, 6) is 0. The second-order valence-corrected chi connectivity index (χ2v) is 1470. The Morgan fingerprint density at radius 3 is 0.177 bits per heavy atom. The van der Waals surface area contributed by atoms with Crippen molar-refractivity contribution in [3.63, 3.8) is 0 Å². The van der Waals surface area contributed by atoms with Crippen LogP contribution in [0.5, 0.6) is 0 Å². The van der Waals surface area contributed by atoms with E-state index in [9.17, 15) is 0 Å². The fourth-order valence-corrected chi connectivity index (χ4v) is 11700. The Morgan fingerprint density at radius 2 is 0.129 bits per heavy atom. The van der Waals surface area contributed by atoms with Gasteiger partial charge in [0.05, 0.1) is 0 Å². The predicted octanol–water partition coefficient (Wildman–Crippen LogP) is 54.9. The predicted molar refractivity (Wildman–Crippen MR) is 869 cm³/mol. The molecule has 0 unspecified atom stereocenters. The van der Waals surface area contributed by atoms with E-state index in [2.05, 4.69) is 596 Å². The molecule has 0 bridgehead atoms. The molecule has 0 saturated heterocycles. The molecule has 0 aromatic heterocycles. The third kappa shape index (κ3) is 44.0. The first-order valence-corrected chi connectivity index (χ1v) is 392. The Kier molecular flexibility index (Phi) is 111. The SMILES string of the molecule is II(I)I(I)I(I)I(I)I(I)I(I)I(I)I(I)I(I)I(I)I(I)I(I)I(I)I(I)I(I)I(I)I(I)I(I)I(I)I(I)I(I)I(I)I(I)I(I)I(I)I(I)I(I)I(I)I(I)I(I)I. The first-order valence-electron chi connectivity index (χ1n) is 8.71. The fraction of sp³-hybridized carbons (Fsp3) is 0. The fourth-order valence-electron chi connectivity index (χ4n) is 0.864. The molecular formula is I62. The molecule has 0 heterocycles. The van der Waals surface area contributed by atoms with E-state index in [1.165, 1.54) is 0 Å². The van der Waals surface area contributed by atoms with E-state index in [1.807, 2.05) is 0 Å². The Morgan fingerprint density at radius 1 is 0.0806 bits per heavy atom. The molecule has 0 aliphatic carbocycles. The maximum absolute atomic E-state index is 3.42. The van der Waals surface area contributed by atoms with Crippen molar-refractivity contribution in [1.82, 2.24) is 0 Å². The van der Waals surface area contributed by atoms with E-state index in [4.69, 9.17) is 0 Å². The third-order valence-corrected chi connectivity index (χ3v) is 4790. The molecule has 0 saturated carbocycles. The maximum atomic E-state index is 3.42. The van der Waals surface area contributed by atoms with Crippen molar-refractivity contribution >= 4 is 833 Å². The van der Waals surface area contributed by atoms with Crippen molar-refractivity contribution in [2.75, 3.05) is 0 Å². The van der Waals surface area contributed by atoms with Crippen LogP contribution in [0.3, 0.4) is 0 Å². The molecule has 0 amide bonds. The molecule has 0 spiro atoms. The zero-order valence-electron chi connectivity index (χ0n) is 23.4. The van der Waals surface area contributed by atoms with Gasteiger partial charge in [-0.3, -0.25) is 0 Å². The van der Waals surface area contributed by atoms with Gasteiger partial charge in [-0.05, 0) is 0 Å². The molecule has 0 radical (unpaired) electrons. The van der Waals surface area contributed by atoms with Gasteiger partial charge in [0.25, 0.3) is 0 Å². The first kappa shape index (κ1) is 107. The molecule has 434 valence electrons. The molecule has 0 atom stereocenters. The molecule has 0 aliphatic rings. The van der Waals surface area contributed by atoms with Gasteiger partial charge >= 0.3 is 833 Å². The van der Waals surface area contributed by atoms with Gasteiger partial charge in [0, 0.05) is 0 Å². The summed E-state index contributed by atoms with van der Waals surface area (Å²) in [5, 5.41) is 0. The summed E-state index contributed by atoms with van der Waals surface area (Å²) in [7, 11) is -16.8. The number of halogens is 62. The number of rotatable bonds is 29. The molecular weight excluding hydrogens is 7870 g/mol. The van der Waals surface area contributed by atoms with Crippen LogP contribution in [-0.4, -0.2) is 0 Å². The van der Waals surface area contributed by atoms with Crippen LogP contribution in [-0.2, 0) is 0 Å². The van der Waals surface area contributed by atoms with Crippen LogP contribution in [0.4, 0.5) is 0 Å². The minimum atomic E-state index is -0.607. The van der Waals surface area contributed by atoms with Gasteiger partial charge in [0.1, 0.15) is 0 Å². The summed E-state index contributed by atoms with van der Waals surface area (Å²) in [6.45, 7) is 0. The van der Waals surface area contributed by atoms with E-state index in [0.29, 0.717) is 0 Å². The zero-order valence-corrected chi connectivity index (χ0v) is 157. The van der Waals surface area contributed by atoms with Gasteiger partial charge in [0.15, 0.2) is 0 Å². The molecule has 0 N–H and O–H groups in total. The number of hydrogen-bond acceptors (Lipinski definition) is 0. The molecule has 0 aromatic carbocycles. The van der Waals surface area contributed by atoms with Gasteiger partial charge < -0.3 is 0 Å². The summed E-state index contributed by atoms with van der Waals surface area (Å²) in [4.78, 5) is 0. The molecule has 0 aromatic rings. The summed E-state index contributed by atoms with van der Waals surface area (Å²) in [5.41, 5.74) is 0. The topological polar surface area (TPSA) is 0 Å². The summed E-state index contributed by atoms with van der Waals surface area (Å²) >= 11 is 106. The van der Waals surface area contributed by atoms with E-state index >= 15 is 0 Å². The Bertz CT molecular complexity index is 1070. The van der Waals surface area contributed by atoms with Crippen molar-refractivity contribution in [2.45, 2.75) is 0 Å². The van der Waals surface area contributed by atoms with Crippen LogP contribution in [0.25, 0.3) is 0 Å². The van der Waals surface area contributed by atoms with Gasteiger partial charge in [-0.1, -0.05) is 0 Å². The van der Waals surface area contributed by atoms with Gasteiger partial charge in [-0.2, -0.15) is 0 Å². The van der Waals surface area contributed by atoms with E-state index in [-0.39, 0.29) is 0 Å². The van der Waals surface area contributed by atoms with Crippen LogP contribution in [0.1, 0.15) is 0 Å². The van der Waals surface area contributed by atoms with Crippen LogP contribution >= 0.6 is 833 Å².